The number of hydrogen-bond donors (Lipinski definition) is 1. The average Bonchev–Trinajstić information content (AvgIpc) is 2.28. The number of nitrogens with one attached hydrogen (secondary N) is 1. The lowest BCUT2D eigenvalue weighted by Crippen LogP contribution is -2.04. The minimum atomic E-state index is -0.162. The predicted molar refractivity (Wildman–Crippen MR) is 59.2 cm³/mol. The molecule has 0 saturated heterocycles. The highest BCUT2D eigenvalue weighted by Crippen LogP contribution is 2.33. The van der Waals surface area contributed by atoms with E-state index in [0.717, 1.165) is 0 Å². The topological polar surface area (TPSA) is 64.6 Å². The molecular weight excluding hydrogens is 210 g/mol. The maximum absolute atomic E-state index is 11.4. The van der Waals surface area contributed by atoms with Crippen LogP contribution in [-0.4, -0.2) is 26.4 Å². The summed E-state index contributed by atoms with van der Waals surface area (Å²) in [7, 11) is 2.96. The Labute approximate surface area is 93.4 Å². The first kappa shape index (κ1) is 12.0. The molecule has 1 N–H and O–H groups in total. The van der Waals surface area contributed by atoms with Crippen LogP contribution in [0.3, 0.4) is 0 Å². The quantitative estimate of drug-likeness (QED) is 0.606. The van der Waals surface area contributed by atoms with E-state index in [1.165, 1.54) is 27.2 Å². The SMILES string of the molecule is COc1cc(NC=O)c(C(C)=O)cc1OC. The second kappa shape index (κ2) is 5.16. The van der Waals surface area contributed by atoms with Gasteiger partial charge in [-0.15, -0.1) is 0 Å². The minimum absolute atomic E-state index is 0.162. The van der Waals surface area contributed by atoms with Gasteiger partial charge in [-0.1, -0.05) is 0 Å². The van der Waals surface area contributed by atoms with Crippen LogP contribution < -0.4 is 14.8 Å². The fraction of sp³-hybridized carbons (Fsp3) is 0.273. The van der Waals surface area contributed by atoms with Gasteiger partial charge in [-0.05, 0) is 13.0 Å². The molecule has 0 aromatic heterocycles. The van der Waals surface area contributed by atoms with E-state index < -0.39 is 0 Å². The van der Waals surface area contributed by atoms with E-state index in [1.807, 2.05) is 0 Å². The Morgan fingerprint density at radius 1 is 1.25 bits per heavy atom. The van der Waals surface area contributed by atoms with Crippen LogP contribution in [0.25, 0.3) is 0 Å². The molecule has 1 aromatic rings. The van der Waals surface area contributed by atoms with Gasteiger partial charge in [0, 0.05) is 11.6 Å². The van der Waals surface area contributed by atoms with E-state index in [2.05, 4.69) is 5.32 Å². The van der Waals surface area contributed by atoms with Gasteiger partial charge in [0.2, 0.25) is 6.41 Å². The molecule has 0 heterocycles. The zero-order chi connectivity index (χ0) is 12.1. The molecule has 0 fully saturated rings. The summed E-state index contributed by atoms with van der Waals surface area (Å²) in [6.45, 7) is 1.41. The molecule has 1 aromatic carbocycles. The van der Waals surface area contributed by atoms with E-state index in [4.69, 9.17) is 9.47 Å². The van der Waals surface area contributed by atoms with Crippen LogP contribution in [0.1, 0.15) is 17.3 Å². The van der Waals surface area contributed by atoms with Gasteiger partial charge in [0.25, 0.3) is 0 Å². The Bertz CT molecular complexity index is 415. The summed E-state index contributed by atoms with van der Waals surface area (Å²) in [6, 6.07) is 3.08. The number of anilines is 1. The number of benzene rings is 1. The molecule has 0 saturated carbocycles. The minimum Gasteiger partial charge on any atom is -0.493 e. The molecule has 0 spiro atoms. The summed E-state index contributed by atoms with van der Waals surface area (Å²) < 4.78 is 10.1. The molecule has 0 aliphatic carbocycles. The second-order valence-corrected chi connectivity index (χ2v) is 3.07. The Morgan fingerprint density at radius 3 is 2.25 bits per heavy atom. The monoisotopic (exact) mass is 223 g/mol. The number of carbonyl (C=O) groups excluding carboxylic acids is 2. The third-order valence-corrected chi connectivity index (χ3v) is 2.12. The van der Waals surface area contributed by atoms with Crippen molar-refractivity contribution in [3.63, 3.8) is 0 Å². The predicted octanol–water partition coefficient (Wildman–Crippen LogP) is 1.47. The lowest BCUT2D eigenvalue weighted by atomic mass is 10.1. The lowest BCUT2D eigenvalue weighted by molar-refractivity contribution is -0.105. The summed E-state index contributed by atoms with van der Waals surface area (Å²) in [4.78, 5) is 21.8. The van der Waals surface area contributed by atoms with Crippen LogP contribution in [0, 0.1) is 0 Å². The maximum Gasteiger partial charge on any atom is 0.211 e. The largest absolute Gasteiger partial charge is 0.493 e. The number of methoxy groups -OCH3 is 2. The molecule has 5 nitrogen and oxygen atoms in total. The Morgan fingerprint density at radius 2 is 1.81 bits per heavy atom. The van der Waals surface area contributed by atoms with Crippen molar-refractivity contribution in [1.82, 2.24) is 0 Å². The zero-order valence-electron chi connectivity index (χ0n) is 9.37. The van der Waals surface area contributed by atoms with Crippen LogP contribution in [0.4, 0.5) is 5.69 Å². The first-order valence-corrected chi connectivity index (χ1v) is 4.61. The van der Waals surface area contributed by atoms with Crippen LogP contribution in [0.2, 0.25) is 0 Å². The van der Waals surface area contributed by atoms with Crippen molar-refractivity contribution >= 4 is 17.9 Å². The van der Waals surface area contributed by atoms with E-state index in [9.17, 15) is 9.59 Å². The smallest absolute Gasteiger partial charge is 0.211 e. The molecule has 0 atom stereocenters. The number of amides is 1. The Hall–Kier alpha value is -2.04. The van der Waals surface area contributed by atoms with Crippen LogP contribution in [0.5, 0.6) is 11.5 Å². The molecular formula is C11H13NO4. The van der Waals surface area contributed by atoms with Crippen molar-refractivity contribution in [3.8, 4) is 11.5 Å². The summed E-state index contributed by atoms with van der Waals surface area (Å²) in [5, 5.41) is 2.45. The van der Waals surface area contributed by atoms with Gasteiger partial charge in [0.05, 0.1) is 19.9 Å². The summed E-state index contributed by atoms with van der Waals surface area (Å²) in [6.07, 6.45) is 0.508. The highest BCUT2D eigenvalue weighted by atomic mass is 16.5. The summed E-state index contributed by atoms with van der Waals surface area (Å²) in [5.41, 5.74) is 0.782. The molecule has 0 aliphatic rings. The van der Waals surface area contributed by atoms with Crippen molar-refractivity contribution in [3.05, 3.63) is 17.7 Å². The normalized spacial score (nSPS) is 9.44. The molecule has 5 heteroatoms. The molecule has 0 bridgehead atoms. The van der Waals surface area contributed by atoms with E-state index in [-0.39, 0.29) is 5.78 Å². The highest BCUT2D eigenvalue weighted by Gasteiger charge is 2.13. The van der Waals surface area contributed by atoms with Crippen molar-refractivity contribution < 1.29 is 19.1 Å². The standard InChI is InChI=1S/C11H13NO4/c1-7(14)8-4-10(15-2)11(16-3)5-9(8)12-6-13/h4-6H,1-3H3,(H,12,13). The van der Waals surface area contributed by atoms with Crippen molar-refractivity contribution in [1.29, 1.82) is 0 Å². The van der Waals surface area contributed by atoms with Gasteiger partial charge < -0.3 is 14.8 Å². The van der Waals surface area contributed by atoms with Crippen molar-refractivity contribution in [2.75, 3.05) is 19.5 Å². The first-order chi connectivity index (χ1) is 7.63. The average molecular weight is 223 g/mol. The number of ether oxygens (including phenoxy) is 2. The van der Waals surface area contributed by atoms with Gasteiger partial charge >= 0.3 is 0 Å². The van der Waals surface area contributed by atoms with Crippen LogP contribution in [0.15, 0.2) is 12.1 Å². The number of Topliss-reactive ketones (excluding diaryl/α,β-unsaturated/α-hetero) is 1. The maximum atomic E-state index is 11.4. The Balaban J connectivity index is 3.34. The van der Waals surface area contributed by atoms with Gasteiger partial charge in [0.15, 0.2) is 17.3 Å². The van der Waals surface area contributed by atoms with E-state index >= 15 is 0 Å². The second-order valence-electron chi connectivity index (χ2n) is 3.07. The molecule has 1 rings (SSSR count). The molecule has 86 valence electrons. The Kier molecular flexibility index (Phi) is 3.88. The van der Waals surface area contributed by atoms with Gasteiger partial charge in [-0.3, -0.25) is 9.59 Å². The van der Waals surface area contributed by atoms with Crippen molar-refractivity contribution in [2.45, 2.75) is 6.92 Å². The molecule has 0 radical (unpaired) electrons. The van der Waals surface area contributed by atoms with E-state index in [1.54, 1.807) is 6.07 Å². The summed E-state index contributed by atoms with van der Waals surface area (Å²) in [5.74, 6) is 0.742. The number of carbonyl (C=O) groups is 2. The van der Waals surface area contributed by atoms with Gasteiger partial charge in [0.1, 0.15) is 0 Å². The van der Waals surface area contributed by atoms with Crippen LogP contribution in [-0.2, 0) is 4.79 Å². The number of hydrogen-bond acceptors (Lipinski definition) is 4. The third kappa shape index (κ3) is 2.31. The van der Waals surface area contributed by atoms with E-state index in [0.29, 0.717) is 29.2 Å². The lowest BCUT2D eigenvalue weighted by Gasteiger charge is -2.12. The van der Waals surface area contributed by atoms with Crippen LogP contribution >= 0.6 is 0 Å². The van der Waals surface area contributed by atoms with Gasteiger partial charge in [-0.2, -0.15) is 0 Å². The molecule has 0 aliphatic heterocycles. The third-order valence-electron chi connectivity index (χ3n) is 2.12. The number of ketones is 1. The zero-order valence-corrected chi connectivity index (χ0v) is 9.37. The molecule has 0 unspecified atom stereocenters. The number of rotatable bonds is 5. The molecule has 16 heavy (non-hydrogen) atoms. The molecule has 1 amide bonds. The fourth-order valence-corrected chi connectivity index (χ4v) is 1.35. The van der Waals surface area contributed by atoms with Crippen molar-refractivity contribution in [2.24, 2.45) is 0 Å². The van der Waals surface area contributed by atoms with Gasteiger partial charge in [-0.25, -0.2) is 0 Å². The first-order valence-electron chi connectivity index (χ1n) is 4.61. The highest BCUT2D eigenvalue weighted by molar-refractivity contribution is 6.02. The summed E-state index contributed by atoms with van der Waals surface area (Å²) >= 11 is 0. The fourth-order valence-electron chi connectivity index (χ4n) is 1.35.